The zero-order valence-electron chi connectivity index (χ0n) is 9.70. The summed E-state index contributed by atoms with van der Waals surface area (Å²) in [4.78, 5) is 0. The third-order valence-corrected chi connectivity index (χ3v) is 4.59. The van der Waals surface area contributed by atoms with Crippen LogP contribution in [0.2, 0.25) is 10.0 Å². The Morgan fingerprint density at radius 1 is 1.39 bits per heavy atom. The van der Waals surface area contributed by atoms with Crippen LogP contribution in [0.3, 0.4) is 0 Å². The summed E-state index contributed by atoms with van der Waals surface area (Å²) < 4.78 is 2.80. The number of benzene rings is 1. The maximum atomic E-state index is 6.25. The lowest BCUT2D eigenvalue weighted by atomic mass is 10.0. The molecule has 96 valence electrons. The average Bonchev–Trinajstić information content (AvgIpc) is 2.73. The van der Waals surface area contributed by atoms with Crippen molar-refractivity contribution in [3.8, 4) is 0 Å². The monoisotopic (exact) mass is 395 g/mol. The van der Waals surface area contributed by atoms with Gasteiger partial charge < -0.3 is 5.73 Å². The number of nitrogens with two attached hydrogens (primary N) is 1. The minimum atomic E-state index is -0.325. The standard InChI is InChI=1S/C12H12Cl2IN3/c1-2-18-12(9(14)6-17-18)11(16)7-3-4-10(15)8(13)5-7/h3-6,11H,2,16H2,1H3. The number of nitrogens with zero attached hydrogens (tertiary/aromatic N) is 2. The highest BCUT2D eigenvalue weighted by molar-refractivity contribution is 14.1. The predicted molar refractivity (Wildman–Crippen MR) is 83.1 cm³/mol. The van der Waals surface area contributed by atoms with Crippen molar-refractivity contribution in [2.24, 2.45) is 5.73 Å². The van der Waals surface area contributed by atoms with Gasteiger partial charge in [0.15, 0.2) is 0 Å². The molecule has 1 atom stereocenters. The van der Waals surface area contributed by atoms with E-state index < -0.39 is 0 Å². The summed E-state index contributed by atoms with van der Waals surface area (Å²) in [6.45, 7) is 2.73. The molecule has 0 saturated heterocycles. The van der Waals surface area contributed by atoms with Crippen LogP contribution in [0.1, 0.15) is 24.2 Å². The predicted octanol–water partition coefficient (Wildman–Crippen LogP) is 3.86. The number of hydrogen-bond acceptors (Lipinski definition) is 2. The Hall–Kier alpha value is -0.300. The maximum absolute atomic E-state index is 6.25. The molecule has 0 aliphatic heterocycles. The van der Waals surface area contributed by atoms with Crippen LogP contribution in [0.15, 0.2) is 24.4 Å². The molecule has 3 nitrogen and oxygen atoms in total. The van der Waals surface area contributed by atoms with E-state index in [0.717, 1.165) is 21.4 Å². The first kappa shape index (κ1) is 14.1. The van der Waals surface area contributed by atoms with Gasteiger partial charge in [-0.05, 0) is 47.2 Å². The van der Waals surface area contributed by atoms with Crippen LogP contribution in [-0.2, 0) is 6.54 Å². The summed E-state index contributed by atoms with van der Waals surface area (Å²) in [5.74, 6) is 0. The Kier molecular flexibility index (Phi) is 4.53. The molecule has 18 heavy (non-hydrogen) atoms. The average molecular weight is 396 g/mol. The Morgan fingerprint density at radius 2 is 2.11 bits per heavy atom. The van der Waals surface area contributed by atoms with Gasteiger partial charge in [0.25, 0.3) is 0 Å². The summed E-state index contributed by atoms with van der Waals surface area (Å²) in [5, 5.41) is 5.47. The first-order chi connectivity index (χ1) is 8.54. The number of halogens is 3. The van der Waals surface area contributed by atoms with E-state index in [1.807, 2.05) is 25.1 Å². The van der Waals surface area contributed by atoms with Gasteiger partial charge >= 0.3 is 0 Å². The van der Waals surface area contributed by atoms with E-state index >= 15 is 0 Å². The molecule has 0 radical (unpaired) electrons. The minimum Gasteiger partial charge on any atom is -0.319 e. The van der Waals surface area contributed by atoms with E-state index in [-0.39, 0.29) is 6.04 Å². The molecule has 1 aromatic carbocycles. The fourth-order valence-corrected chi connectivity index (χ4v) is 2.58. The van der Waals surface area contributed by atoms with Gasteiger partial charge in [0.05, 0.1) is 28.0 Å². The number of hydrogen-bond donors (Lipinski definition) is 1. The zero-order valence-corrected chi connectivity index (χ0v) is 13.4. The van der Waals surface area contributed by atoms with E-state index in [2.05, 4.69) is 27.7 Å². The Bertz CT molecular complexity index is 568. The maximum Gasteiger partial charge on any atom is 0.0837 e. The molecule has 0 aliphatic rings. The molecular formula is C12H12Cl2IN3. The summed E-state index contributed by atoms with van der Waals surface area (Å²) in [7, 11) is 0. The highest BCUT2D eigenvalue weighted by Crippen LogP contribution is 2.29. The first-order valence-corrected chi connectivity index (χ1v) is 7.29. The molecule has 0 bridgehead atoms. The molecule has 1 heterocycles. The van der Waals surface area contributed by atoms with Crippen LogP contribution in [0, 0.1) is 3.57 Å². The first-order valence-electron chi connectivity index (χ1n) is 5.46. The molecule has 2 N–H and O–H groups in total. The van der Waals surface area contributed by atoms with Gasteiger partial charge in [0.2, 0.25) is 0 Å². The van der Waals surface area contributed by atoms with Crippen LogP contribution >= 0.6 is 45.8 Å². The lowest BCUT2D eigenvalue weighted by Crippen LogP contribution is -2.17. The van der Waals surface area contributed by atoms with Crippen molar-refractivity contribution in [3.05, 3.63) is 49.3 Å². The quantitative estimate of drug-likeness (QED) is 0.802. The molecule has 1 unspecified atom stereocenters. The molecule has 0 spiro atoms. The van der Waals surface area contributed by atoms with Crippen molar-refractivity contribution in [2.75, 3.05) is 0 Å². The topological polar surface area (TPSA) is 43.8 Å². The molecular weight excluding hydrogens is 384 g/mol. The summed E-state index contributed by atoms with van der Waals surface area (Å²) >= 11 is 14.4. The van der Waals surface area contributed by atoms with Gasteiger partial charge in [-0.15, -0.1) is 0 Å². The second kappa shape index (κ2) is 5.77. The van der Waals surface area contributed by atoms with Gasteiger partial charge in [-0.2, -0.15) is 5.10 Å². The van der Waals surface area contributed by atoms with Gasteiger partial charge in [-0.1, -0.05) is 29.3 Å². The number of rotatable bonds is 3. The number of aryl methyl sites for hydroxylation is 1. The van der Waals surface area contributed by atoms with Crippen LogP contribution in [-0.4, -0.2) is 9.78 Å². The highest BCUT2D eigenvalue weighted by atomic mass is 127. The molecule has 0 amide bonds. The molecule has 1 aromatic heterocycles. The van der Waals surface area contributed by atoms with E-state index in [1.165, 1.54) is 0 Å². The van der Waals surface area contributed by atoms with Crippen molar-refractivity contribution >= 4 is 45.8 Å². The molecule has 2 rings (SSSR count). The third kappa shape index (κ3) is 2.66. The lowest BCUT2D eigenvalue weighted by Gasteiger charge is -2.15. The summed E-state index contributed by atoms with van der Waals surface area (Å²) in [6.07, 6.45) is 1.62. The normalized spacial score (nSPS) is 12.7. The zero-order chi connectivity index (χ0) is 13.3. The van der Waals surface area contributed by atoms with Gasteiger partial charge in [0.1, 0.15) is 0 Å². The van der Waals surface area contributed by atoms with Crippen LogP contribution in [0.5, 0.6) is 0 Å². The van der Waals surface area contributed by atoms with E-state index in [0.29, 0.717) is 10.0 Å². The Morgan fingerprint density at radius 3 is 2.72 bits per heavy atom. The fraction of sp³-hybridized carbons (Fsp3) is 0.250. The van der Waals surface area contributed by atoms with Crippen molar-refractivity contribution in [2.45, 2.75) is 19.5 Å². The number of aromatic nitrogens is 2. The van der Waals surface area contributed by atoms with Crippen LogP contribution < -0.4 is 5.73 Å². The Labute approximate surface area is 129 Å². The largest absolute Gasteiger partial charge is 0.319 e. The smallest absolute Gasteiger partial charge is 0.0837 e. The van der Waals surface area contributed by atoms with Gasteiger partial charge in [-0.3, -0.25) is 4.68 Å². The van der Waals surface area contributed by atoms with Crippen molar-refractivity contribution in [3.63, 3.8) is 0 Å². The second-order valence-electron chi connectivity index (χ2n) is 3.84. The van der Waals surface area contributed by atoms with Crippen molar-refractivity contribution in [1.29, 1.82) is 0 Å². The van der Waals surface area contributed by atoms with Crippen LogP contribution in [0.25, 0.3) is 0 Å². The lowest BCUT2D eigenvalue weighted by molar-refractivity contribution is 0.601. The van der Waals surface area contributed by atoms with E-state index in [4.69, 9.17) is 28.9 Å². The van der Waals surface area contributed by atoms with Gasteiger partial charge in [-0.25, -0.2) is 0 Å². The van der Waals surface area contributed by atoms with E-state index in [9.17, 15) is 0 Å². The SMILES string of the molecule is CCn1ncc(Cl)c1C(N)c1ccc(I)c(Cl)c1. The molecule has 0 saturated carbocycles. The minimum absolute atomic E-state index is 0.325. The fourth-order valence-electron chi connectivity index (χ4n) is 1.80. The van der Waals surface area contributed by atoms with Gasteiger partial charge in [0, 0.05) is 10.1 Å². The Balaban J connectivity index is 2.44. The molecule has 6 heteroatoms. The molecule has 0 fully saturated rings. The summed E-state index contributed by atoms with van der Waals surface area (Å²) in [5.41, 5.74) is 7.99. The third-order valence-electron chi connectivity index (χ3n) is 2.73. The van der Waals surface area contributed by atoms with Crippen molar-refractivity contribution < 1.29 is 0 Å². The molecule has 2 aromatic rings. The highest BCUT2D eigenvalue weighted by Gasteiger charge is 2.18. The van der Waals surface area contributed by atoms with Crippen LogP contribution in [0.4, 0.5) is 0 Å². The van der Waals surface area contributed by atoms with Crippen molar-refractivity contribution in [1.82, 2.24) is 9.78 Å². The second-order valence-corrected chi connectivity index (χ2v) is 5.82. The van der Waals surface area contributed by atoms with E-state index in [1.54, 1.807) is 10.9 Å². The molecule has 0 aliphatic carbocycles. The summed E-state index contributed by atoms with van der Waals surface area (Å²) in [6, 6.07) is 5.45.